The molecule has 0 amide bonds. The molecule has 2 atom stereocenters. The molecule has 2 unspecified atom stereocenters. The largest absolute Gasteiger partial charge is 0.487 e. The van der Waals surface area contributed by atoms with Gasteiger partial charge in [0, 0.05) is 53.9 Å². The number of esters is 4. The number of carbonyl (C=O) groups is 5. The van der Waals surface area contributed by atoms with Gasteiger partial charge in [-0.2, -0.15) is 0 Å². The third kappa shape index (κ3) is 14.2. The predicted molar refractivity (Wildman–Crippen MR) is 312 cm³/mol. The average Bonchev–Trinajstić information content (AvgIpc) is 4.41. The summed E-state index contributed by atoms with van der Waals surface area (Å²) in [5, 5.41) is 18.2. The summed E-state index contributed by atoms with van der Waals surface area (Å²) in [5.41, 5.74) is 5.58. The zero-order chi connectivity index (χ0) is 56.5. The number of hydrogen-bond donors (Lipinski definition) is 0. The molecule has 4 fully saturated rings. The Hall–Kier alpha value is -7.74. The second-order valence-corrected chi connectivity index (χ2v) is 26.5. The Kier molecular flexibility index (Phi) is 17.7. The Labute approximate surface area is 483 Å². The van der Waals surface area contributed by atoms with Gasteiger partial charge in [0.05, 0.1) is 17.9 Å². The number of pyridine rings is 2. The fourth-order valence-corrected chi connectivity index (χ4v) is 14.6. The van der Waals surface area contributed by atoms with Crippen molar-refractivity contribution >= 4 is 96.1 Å². The summed E-state index contributed by atoms with van der Waals surface area (Å²) in [7, 11) is 0. The van der Waals surface area contributed by atoms with E-state index in [1.807, 2.05) is 134 Å². The van der Waals surface area contributed by atoms with E-state index in [4.69, 9.17) is 31.5 Å². The van der Waals surface area contributed by atoms with E-state index in [0.29, 0.717) is 38.9 Å². The molecule has 2 saturated heterocycles. The minimum Gasteiger partial charge on any atom is -0.487 e. The van der Waals surface area contributed by atoms with Crippen molar-refractivity contribution < 1.29 is 55.5 Å². The quantitative estimate of drug-likeness (QED) is 0.0452. The first-order chi connectivity index (χ1) is 39.2. The number of carbonyl (C=O) groups excluding carboxylic acids is 5. The second kappa shape index (κ2) is 25.4. The van der Waals surface area contributed by atoms with E-state index in [0.717, 1.165) is 88.9 Å². The van der Waals surface area contributed by atoms with Crippen molar-refractivity contribution in [2.24, 2.45) is 0 Å². The molecule has 0 radical (unpaired) electrons. The van der Waals surface area contributed by atoms with Gasteiger partial charge in [-0.1, -0.05) is 61.5 Å². The number of aryl methyl sites for hydroxylation is 2. The van der Waals surface area contributed by atoms with Crippen molar-refractivity contribution in [1.82, 2.24) is 40.0 Å². The van der Waals surface area contributed by atoms with Crippen LogP contribution in [-0.4, -0.2) is 89.8 Å². The van der Waals surface area contributed by atoms with E-state index < -0.39 is 76.4 Å². The third-order valence-corrected chi connectivity index (χ3v) is 20.2. The number of hydrogen-bond acceptors (Lipinski definition) is 18. The number of aromatic nitrogens is 8. The van der Waals surface area contributed by atoms with Crippen molar-refractivity contribution in [3.05, 3.63) is 164 Å². The van der Waals surface area contributed by atoms with Crippen LogP contribution in [0.15, 0.2) is 134 Å². The molecule has 2 spiro atoms. The summed E-state index contributed by atoms with van der Waals surface area (Å²) in [6, 6.07) is 35.2. The molecule has 6 heterocycles. The van der Waals surface area contributed by atoms with Crippen molar-refractivity contribution in [3.8, 4) is 11.5 Å². The standard InChI is InChI=1S/C28H25IN4O5.C19H21N3O5.C12H12INO2/c1-2-33-16-22(31-32-33)17-36-23-8-5-18(6-9-23)20-11-12-28(15-20)37-26(34)25(27(35)38-28)29-21-7-10-24-19(14-21)4-3-13-30-24;1-2-22-11-15(20-21-22)12-25-16-5-3-13(4-6-16)14-7-8-19(10-14)26-17(23)9-18(24)27-19;1-9(15)16-13(2)11-5-6-12-10(8-11)4-3-7-14-12/h3-10,13-14,16,20H,2,11-12,15,17H2,1H3;3-6,11,14H,2,7-10,12H2,1H3;3-8H,1-2H3. The number of benzene rings is 4. The normalized spacial score (nSPS) is 19.2. The van der Waals surface area contributed by atoms with Crippen LogP contribution in [0.4, 0.5) is 0 Å². The van der Waals surface area contributed by atoms with Crippen LogP contribution in [0.25, 0.3) is 21.8 Å². The Morgan fingerprint density at radius 1 is 0.654 bits per heavy atom. The monoisotopic (exact) mass is 1320 g/mol. The molecule has 12 rings (SSSR count). The Balaban J connectivity index is 0.000000149. The first kappa shape index (κ1) is 56.5. The molecule has 2 aliphatic carbocycles. The van der Waals surface area contributed by atoms with Gasteiger partial charge in [-0.15, -0.1) is 10.2 Å². The Morgan fingerprint density at radius 3 is 1.64 bits per heavy atom. The summed E-state index contributed by atoms with van der Waals surface area (Å²) in [4.78, 5) is 70.6. The summed E-state index contributed by atoms with van der Waals surface area (Å²) in [6.07, 6.45) is 10.4. The second-order valence-electron chi connectivity index (χ2n) is 19.5. The Morgan fingerprint density at radius 2 is 1.15 bits per heavy atom. The number of fused-ring (bicyclic) bond motifs is 2. The van der Waals surface area contributed by atoms with Crippen LogP contribution in [0.2, 0.25) is 0 Å². The molecule has 0 N–H and O–H groups in total. The van der Waals surface area contributed by atoms with E-state index in [1.165, 1.54) is 6.92 Å². The summed E-state index contributed by atoms with van der Waals surface area (Å²) in [6.45, 7) is 7.70. The van der Waals surface area contributed by atoms with Gasteiger partial charge in [0.25, 0.3) is 11.6 Å². The van der Waals surface area contributed by atoms with Crippen molar-refractivity contribution in [2.45, 2.75) is 115 Å². The number of ether oxygens (including phenoxy) is 6. The maximum absolute atomic E-state index is 13.0. The van der Waals surface area contributed by atoms with Gasteiger partial charge in [0.2, 0.25) is 0 Å². The fraction of sp³-hybridized carbons (Fsp3) is 0.322. The van der Waals surface area contributed by atoms with Crippen LogP contribution in [-0.2, 0) is 72.3 Å². The van der Waals surface area contributed by atoms with Crippen molar-refractivity contribution in [2.75, 3.05) is 4.93 Å². The third-order valence-electron chi connectivity index (χ3n) is 13.8. The minimum absolute atomic E-state index is 0.110. The molecule has 2 saturated carbocycles. The number of rotatable bonds is 13. The van der Waals surface area contributed by atoms with E-state index in [2.05, 4.69) is 36.7 Å². The zero-order valence-corrected chi connectivity index (χ0v) is 49.2. The molecule has 20 nitrogen and oxygen atoms in total. The molecule has 4 aromatic carbocycles. The topological polar surface area (TPSA) is 237 Å². The first-order valence-electron chi connectivity index (χ1n) is 26.4. The number of halogens is 2. The van der Waals surface area contributed by atoms with Crippen LogP contribution < -0.4 is 9.47 Å². The molecule has 4 aromatic heterocycles. The molecular weight excluding hydrogens is 1270 g/mol. The molecule has 2 aliphatic heterocycles. The molecule has 81 heavy (non-hydrogen) atoms. The maximum Gasteiger partial charge on any atom is 0.354 e. The van der Waals surface area contributed by atoms with Crippen LogP contribution in [0.3, 0.4) is 0 Å². The summed E-state index contributed by atoms with van der Waals surface area (Å²) < 4.78 is 44.9. The molecule has 4 aliphatic rings. The SMILES string of the molecule is CC(=O)OI(C)c1ccc2ncccc2c1.CCn1cc(COc2ccc(C3CCC4(C3)OC(=O)C(=Ic3ccc5ncccc5c3)C(=O)O4)cc2)nn1.CCn1cc(COc2ccc(C3CCC4(C3)OC(=O)CC(=O)O4)cc2)nn1. The fourth-order valence-electron chi connectivity index (χ4n) is 9.86. The summed E-state index contributed by atoms with van der Waals surface area (Å²) >= 11 is -2.83. The zero-order valence-electron chi connectivity index (χ0n) is 44.9. The van der Waals surface area contributed by atoms with Crippen molar-refractivity contribution in [1.29, 1.82) is 0 Å². The number of nitrogens with zero attached hydrogens (tertiary/aromatic N) is 8. The Bertz CT molecular complexity index is 3590. The van der Waals surface area contributed by atoms with Gasteiger partial charge in [0.15, 0.2) is 3.51 Å². The van der Waals surface area contributed by atoms with Crippen molar-refractivity contribution in [3.63, 3.8) is 0 Å². The molecule has 22 heteroatoms. The molecular formula is C59H58I2N8O12. The van der Waals surface area contributed by atoms with E-state index >= 15 is 0 Å². The van der Waals surface area contributed by atoms with Crippen LogP contribution >= 0.6 is 41.0 Å². The molecule has 0 bridgehead atoms. The van der Waals surface area contributed by atoms with Crippen LogP contribution in [0.1, 0.15) is 100 Å². The maximum atomic E-state index is 13.0. The van der Waals surface area contributed by atoms with Crippen LogP contribution in [0, 0.1) is 7.14 Å². The number of alkyl halides is 1. The average molecular weight is 1320 g/mol. The van der Waals surface area contributed by atoms with E-state index in [9.17, 15) is 24.0 Å². The van der Waals surface area contributed by atoms with Gasteiger partial charge in [-0.3, -0.25) is 23.9 Å². The van der Waals surface area contributed by atoms with Crippen LogP contribution in [0.5, 0.6) is 11.5 Å². The predicted octanol–water partition coefficient (Wildman–Crippen LogP) is 9.85. The minimum atomic E-state index is -1.78. The van der Waals surface area contributed by atoms with Gasteiger partial charge in [0.1, 0.15) is 42.5 Å². The van der Waals surface area contributed by atoms with E-state index in [-0.39, 0.29) is 27.7 Å². The smallest absolute Gasteiger partial charge is 0.354 e. The summed E-state index contributed by atoms with van der Waals surface area (Å²) in [5.74, 6) is -2.83. The molecule has 420 valence electrons. The van der Waals surface area contributed by atoms with E-state index in [1.54, 1.807) is 21.8 Å². The first-order valence-corrected chi connectivity index (χ1v) is 32.6. The van der Waals surface area contributed by atoms with Gasteiger partial charge in [-0.25, -0.2) is 9.59 Å². The molecule has 8 aromatic rings. The van der Waals surface area contributed by atoms with Gasteiger partial charge >= 0.3 is 126 Å². The van der Waals surface area contributed by atoms with Gasteiger partial charge < -0.3 is 28.4 Å². The van der Waals surface area contributed by atoms with Gasteiger partial charge in [-0.05, 0) is 98.2 Å².